The Morgan fingerprint density at radius 2 is 1.79 bits per heavy atom. The van der Waals surface area contributed by atoms with E-state index in [1.54, 1.807) is 18.3 Å². The van der Waals surface area contributed by atoms with Gasteiger partial charge in [0.1, 0.15) is 11.5 Å². The molecule has 0 saturated carbocycles. The lowest BCUT2D eigenvalue weighted by Gasteiger charge is -2.11. The van der Waals surface area contributed by atoms with Gasteiger partial charge in [-0.15, -0.1) is 0 Å². The molecule has 0 amide bonds. The van der Waals surface area contributed by atoms with Gasteiger partial charge in [0.05, 0.1) is 0 Å². The van der Waals surface area contributed by atoms with Gasteiger partial charge in [0.2, 0.25) is 11.7 Å². The number of nitrogens with one attached hydrogen (secondary N) is 1. The molecule has 0 saturated heterocycles. The van der Waals surface area contributed by atoms with E-state index in [4.69, 9.17) is 16.1 Å². The fraction of sp³-hybridized carbons (Fsp3) is 0.190. The summed E-state index contributed by atoms with van der Waals surface area (Å²) in [4.78, 5) is 18.0. The number of halogens is 1. The minimum atomic E-state index is 0.545. The van der Waals surface area contributed by atoms with Crippen molar-refractivity contribution in [1.29, 1.82) is 0 Å². The van der Waals surface area contributed by atoms with E-state index in [0.717, 1.165) is 28.3 Å². The van der Waals surface area contributed by atoms with Gasteiger partial charge in [0.25, 0.3) is 0 Å². The Labute approximate surface area is 173 Å². The lowest BCUT2D eigenvalue weighted by atomic mass is 10.2. The summed E-state index contributed by atoms with van der Waals surface area (Å²) in [7, 11) is 0. The topological polar surface area (TPSA) is 89.6 Å². The number of aromatic nitrogens is 5. The number of nitrogens with zero attached hydrogens (tertiary/aromatic N) is 5. The van der Waals surface area contributed by atoms with Gasteiger partial charge in [-0.25, -0.2) is 9.97 Å². The molecule has 0 aliphatic carbocycles. The van der Waals surface area contributed by atoms with E-state index in [9.17, 15) is 0 Å². The summed E-state index contributed by atoms with van der Waals surface area (Å²) in [5.74, 6) is 2.47. The second kappa shape index (κ2) is 8.36. The predicted octanol–water partition coefficient (Wildman–Crippen LogP) is 4.51. The summed E-state index contributed by atoms with van der Waals surface area (Å²) in [6.45, 7) is 4.55. The van der Waals surface area contributed by atoms with Crippen LogP contribution in [0.3, 0.4) is 0 Å². The Bertz CT molecular complexity index is 1110. The lowest BCUT2D eigenvalue weighted by molar-refractivity contribution is 0.381. The maximum Gasteiger partial charge on any atom is 0.228 e. The molecule has 0 atom stereocenters. The molecule has 0 unspecified atom stereocenters. The first-order chi connectivity index (χ1) is 14.1. The zero-order valence-electron chi connectivity index (χ0n) is 16.1. The van der Waals surface area contributed by atoms with Crippen LogP contribution in [0.25, 0.3) is 22.9 Å². The number of rotatable bonds is 6. The third-order valence-electron chi connectivity index (χ3n) is 4.49. The van der Waals surface area contributed by atoms with Gasteiger partial charge in [0.15, 0.2) is 5.82 Å². The summed E-state index contributed by atoms with van der Waals surface area (Å²) in [6, 6.07) is 13.0. The zero-order chi connectivity index (χ0) is 20.2. The van der Waals surface area contributed by atoms with E-state index in [1.165, 1.54) is 0 Å². The van der Waals surface area contributed by atoms with E-state index >= 15 is 0 Å². The quantitative estimate of drug-likeness (QED) is 0.503. The monoisotopic (exact) mass is 406 g/mol. The highest BCUT2D eigenvalue weighted by Crippen LogP contribution is 2.21. The van der Waals surface area contributed by atoms with Crippen LogP contribution in [-0.4, -0.2) is 31.6 Å². The molecule has 0 fully saturated rings. The standard InChI is InChI=1S/C21H19ClN6O/c1-13-14(2)25-21(17-5-3-4-11-23-17)27-19(13)24-12-10-18-26-20(28-29-18)15-6-8-16(22)9-7-15/h3-9,11H,10,12H2,1-2H3,(H,24,25,27). The van der Waals surface area contributed by atoms with Crippen LogP contribution in [0.2, 0.25) is 5.02 Å². The Kier molecular flexibility index (Phi) is 5.48. The van der Waals surface area contributed by atoms with Gasteiger partial charge in [-0.2, -0.15) is 4.98 Å². The predicted molar refractivity (Wildman–Crippen MR) is 112 cm³/mol. The normalized spacial score (nSPS) is 10.9. The summed E-state index contributed by atoms with van der Waals surface area (Å²) in [5.41, 5.74) is 3.51. The maximum absolute atomic E-state index is 5.92. The second-order valence-electron chi connectivity index (χ2n) is 6.52. The Morgan fingerprint density at radius 1 is 0.966 bits per heavy atom. The van der Waals surface area contributed by atoms with Crippen molar-refractivity contribution in [1.82, 2.24) is 25.1 Å². The largest absolute Gasteiger partial charge is 0.369 e. The molecule has 7 nitrogen and oxygen atoms in total. The minimum absolute atomic E-state index is 0.545. The van der Waals surface area contributed by atoms with Crippen molar-refractivity contribution in [2.24, 2.45) is 0 Å². The fourth-order valence-electron chi connectivity index (χ4n) is 2.77. The van der Waals surface area contributed by atoms with E-state index in [0.29, 0.717) is 35.5 Å². The lowest BCUT2D eigenvalue weighted by Crippen LogP contribution is -2.10. The van der Waals surface area contributed by atoms with E-state index in [-0.39, 0.29) is 0 Å². The van der Waals surface area contributed by atoms with Crippen molar-refractivity contribution >= 4 is 17.4 Å². The molecule has 0 aliphatic rings. The maximum atomic E-state index is 5.92. The average molecular weight is 407 g/mol. The van der Waals surface area contributed by atoms with Gasteiger partial charge in [-0.1, -0.05) is 22.8 Å². The van der Waals surface area contributed by atoms with Gasteiger partial charge in [-0.05, 0) is 50.2 Å². The first-order valence-corrected chi connectivity index (χ1v) is 9.57. The highest BCUT2D eigenvalue weighted by Gasteiger charge is 2.12. The molecule has 0 bridgehead atoms. The van der Waals surface area contributed by atoms with Crippen molar-refractivity contribution in [2.45, 2.75) is 20.3 Å². The molecule has 3 heterocycles. The number of anilines is 1. The SMILES string of the molecule is Cc1nc(-c2ccccn2)nc(NCCc2nc(-c3ccc(Cl)cc3)no2)c1C. The molecule has 8 heteroatoms. The van der Waals surface area contributed by atoms with Crippen LogP contribution >= 0.6 is 11.6 Å². The van der Waals surface area contributed by atoms with Gasteiger partial charge in [-0.3, -0.25) is 4.98 Å². The first kappa shape index (κ1) is 19.0. The highest BCUT2D eigenvalue weighted by molar-refractivity contribution is 6.30. The molecule has 0 spiro atoms. The number of aryl methyl sites for hydroxylation is 1. The molecule has 0 aliphatic heterocycles. The van der Waals surface area contributed by atoms with Crippen LogP contribution in [0.15, 0.2) is 53.2 Å². The Morgan fingerprint density at radius 3 is 2.55 bits per heavy atom. The van der Waals surface area contributed by atoms with Crippen molar-refractivity contribution in [3.8, 4) is 22.9 Å². The molecule has 29 heavy (non-hydrogen) atoms. The minimum Gasteiger partial charge on any atom is -0.369 e. The van der Waals surface area contributed by atoms with Crippen molar-refractivity contribution in [2.75, 3.05) is 11.9 Å². The Balaban J connectivity index is 1.44. The van der Waals surface area contributed by atoms with E-state index in [2.05, 4.69) is 30.4 Å². The average Bonchev–Trinajstić information content (AvgIpc) is 3.21. The smallest absolute Gasteiger partial charge is 0.228 e. The molecular weight excluding hydrogens is 388 g/mol. The highest BCUT2D eigenvalue weighted by atomic mass is 35.5. The van der Waals surface area contributed by atoms with Gasteiger partial charge >= 0.3 is 0 Å². The molecule has 3 aromatic heterocycles. The molecule has 4 aromatic rings. The molecule has 146 valence electrons. The van der Waals surface area contributed by atoms with E-state index in [1.807, 2.05) is 44.2 Å². The fourth-order valence-corrected chi connectivity index (χ4v) is 2.90. The molecule has 1 aromatic carbocycles. The first-order valence-electron chi connectivity index (χ1n) is 9.19. The van der Waals surface area contributed by atoms with Crippen LogP contribution in [-0.2, 0) is 6.42 Å². The molecular formula is C21H19ClN6O. The van der Waals surface area contributed by atoms with E-state index < -0.39 is 0 Å². The van der Waals surface area contributed by atoms with Crippen LogP contribution < -0.4 is 5.32 Å². The van der Waals surface area contributed by atoms with Crippen molar-refractivity contribution in [3.63, 3.8) is 0 Å². The second-order valence-corrected chi connectivity index (χ2v) is 6.95. The molecule has 4 rings (SSSR count). The van der Waals surface area contributed by atoms with Crippen LogP contribution in [0.4, 0.5) is 5.82 Å². The van der Waals surface area contributed by atoms with Gasteiger partial charge < -0.3 is 9.84 Å². The third-order valence-corrected chi connectivity index (χ3v) is 4.74. The summed E-state index contributed by atoms with van der Waals surface area (Å²) >= 11 is 5.92. The Hall–Kier alpha value is -3.32. The number of benzene rings is 1. The summed E-state index contributed by atoms with van der Waals surface area (Å²) in [6.07, 6.45) is 2.30. The molecule has 1 N–H and O–H groups in total. The third kappa shape index (κ3) is 4.41. The zero-order valence-corrected chi connectivity index (χ0v) is 16.8. The van der Waals surface area contributed by atoms with Crippen molar-refractivity contribution < 1.29 is 4.52 Å². The summed E-state index contributed by atoms with van der Waals surface area (Å²) in [5, 5.41) is 8.05. The summed E-state index contributed by atoms with van der Waals surface area (Å²) < 4.78 is 5.36. The van der Waals surface area contributed by atoms with Crippen LogP contribution in [0, 0.1) is 13.8 Å². The number of hydrogen-bond donors (Lipinski definition) is 1. The molecule has 0 radical (unpaired) electrons. The van der Waals surface area contributed by atoms with Crippen LogP contribution in [0.1, 0.15) is 17.1 Å². The number of pyridine rings is 1. The van der Waals surface area contributed by atoms with Gasteiger partial charge in [0, 0.05) is 41.0 Å². The van der Waals surface area contributed by atoms with Crippen molar-refractivity contribution in [3.05, 3.63) is 70.8 Å². The van der Waals surface area contributed by atoms with Crippen LogP contribution in [0.5, 0.6) is 0 Å². The number of hydrogen-bond acceptors (Lipinski definition) is 7.